The van der Waals surface area contributed by atoms with Gasteiger partial charge in [0, 0.05) is 6.92 Å². The van der Waals surface area contributed by atoms with Crippen molar-refractivity contribution in [3.8, 4) is 0 Å². The molecule has 0 spiro atoms. The average molecular weight is 403 g/mol. The first kappa shape index (κ1) is 23.7. The monoisotopic (exact) mass is 403 g/mol. The fraction of sp³-hybridized carbons (Fsp3) is 0.400. The van der Waals surface area contributed by atoms with Crippen LogP contribution in [-0.4, -0.2) is 41.8 Å². The van der Waals surface area contributed by atoms with Crippen molar-refractivity contribution in [2.45, 2.75) is 52.2 Å². The number of primary amides is 1. The Morgan fingerprint density at radius 2 is 1.48 bits per heavy atom. The van der Waals surface area contributed by atoms with Gasteiger partial charge in [-0.2, -0.15) is 0 Å². The second kappa shape index (κ2) is 10.8. The lowest BCUT2D eigenvalue weighted by molar-refractivity contribution is -0.128. The third kappa shape index (κ3) is 7.65. The molecule has 158 valence electrons. The van der Waals surface area contributed by atoms with Gasteiger partial charge in [-0.1, -0.05) is 30.3 Å². The van der Waals surface area contributed by atoms with Crippen LogP contribution in [-0.2, 0) is 25.6 Å². The van der Waals surface area contributed by atoms with Crippen molar-refractivity contribution < 1.29 is 19.2 Å². The Balaban J connectivity index is 3.10. The van der Waals surface area contributed by atoms with E-state index >= 15 is 0 Å². The summed E-state index contributed by atoms with van der Waals surface area (Å²) in [6, 6.07) is 7.10. The number of benzene rings is 1. The molecule has 0 radical (unpaired) electrons. The lowest BCUT2D eigenvalue weighted by Crippen LogP contribution is -2.49. The van der Waals surface area contributed by atoms with E-state index in [1.54, 1.807) is 13.8 Å². The van der Waals surface area contributed by atoms with E-state index in [2.05, 4.69) is 16.0 Å². The molecule has 29 heavy (non-hydrogen) atoms. The molecule has 9 heteroatoms. The normalized spacial score (nSPS) is 14.6. The van der Waals surface area contributed by atoms with Gasteiger partial charge < -0.3 is 27.4 Å². The number of carbonyl (C=O) groups excluding carboxylic acids is 4. The van der Waals surface area contributed by atoms with E-state index in [4.69, 9.17) is 11.5 Å². The van der Waals surface area contributed by atoms with Crippen molar-refractivity contribution in [2.24, 2.45) is 11.5 Å². The van der Waals surface area contributed by atoms with E-state index in [-0.39, 0.29) is 11.6 Å². The predicted molar refractivity (Wildman–Crippen MR) is 109 cm³/mol. The maximum Gasteiger partial charge on any atom is 0.267 e. The Morgan fingerprint density at radius 1 is 0.897 bits per heavy atom. The standard InChI is InChI=1S/C20H29N5O4/c1-11(17(21)20(29)24-12(2)18(22)27)16(10-15-8-6-5-7-9-15)25-19(28)13(3)23-14(4)26/h5-9,12-13,16H,10,21H2,1-4H3,(H2,22,27)(H,23,26)(H,24,29)(H,25,28)/b17-11+/t12-,13-,16+/m0/s1. The second-order valence-electron chi connectivity index (χ2n) is 6.87. The highest BCUT2D eigenvalue weighted by Crippen LogP contribution is 2.13. The van der Waals surface area contributed by atoms with Gasteiger partial charge in [0.1, 0.15) is 12.1 Å². The maximum atomic E-state index is 12.5. The van der Waals surface area contributed by atoms with Crippen molar-refractivity contribution >= 4 is 23.6 Å². The Morgan fingerprint density at radius 3 is 2.00 bits per heavy atom. The molecule has 0 heterocycles. The molecule has 1 aromatic rings. The lowest BCUT2D eigenvalue weighted by atomic mass is 9.97. The Bertz CT molecular complexity index is 791. The van der Waals surface area contributed by atoms with Crippen LogP contribution in [0.5, 0.6) is 0 Å². The van der Waals surface area contributed by atoms with Crippen molar-refractivity contribution in [3.63, 3.8) is 0 Å². The molecule has 9 nitrogen and oxygen atoms in total. The topological polar surface area (TPSA) is 156 Å². The summed E-state index contributed by atoms with van der Waals surface area (Å²) < 4.78 is 0. The molecule has 0 unspecified atom stereocenters. The summed E-state index contributed by atoms with van der Waals surface area (Å²) in [5.41, 5.74) is 12.4. The molecule has 0 saturated carbocycles. The van der Waals surface area contributed by atoms with Crippen LogP contribution >= 0.6 is 0 Å². The third-order valence-electron chi connectivity index (χ3n) is 4.38. The molecule has 0 bridgehead atoms. The number of rotatable bonds is 9. The summed E-state index contributed by atoms with van der Waals surface area (Å²) in [5.74, 6) is -2.10. The fourth-order valence-electron chi connectivity index (χ4n) is 2.54. The van der Waals surface area contributed by atoms with Gasteiger partial charge in [0.25, 0.3) is 5.91 Å². The minimum atomic E-state index is -0.893. The minimum Gasteiger partial charge on any atom is -0.394 e. The van der Waals surface area contributed by atoms with Crippen LogP contribution in [0.1, 0.15) is 33.3 Å². The van der Waals surface area contributed by atoms with Crippen LogP contribution in [0.4, 0.5) is 0 Å². The zero-order chi connectivity index (χ0) is 22.1. The SMILES string of the molecule is CC(=O)N[C@@H](C)C(=O)N[C@H](Cc1ccccc1)/C(C)=C(/N)C(=O)N[C@@H](C)C(N)=O. The zero-order valence-electron chi connectivity index (χ0n) is 17.1. The van der Waals surface area contributed by atoms with Crippen molar-refractivity contribution in [1.29, 1.82) is 0 Å². The molecule has 1 aromatic carbocycles. The molecule has 3 atom stereocenters. The number of hydrogen-bond acceptors (Lipinski definition) is 5. The van der Waals surface area contributed by atoms with E-state index in [1.807, 2.05) is 30.3 Å². The highest BCUT2D eigenvalue weighted by molar-refractivity contribution is 5.96. The van der Waals surface area contributed by atoms with Crippen LogP contribution in [0, 0.1) is 0 Å². The quantitative estimate of drug-likeness (QED) is 0.350. The first-order chi connectivity index (χ1) is 13.5. The largest absolute Gasteiger partial charge is 0.394 e. The Labute approximate surface area is 170 Å². The predicted octanol–water partition coefficient (Wildman–Crippen LogP) is -0.539. The number of nitrogens with one attached hydrogen (secondary N) is 3. The van der Waals surface area contributed by atoms with Crippen molar-refractivity contribution in [3.05, 3.63) is 47.2 Å². The van der Waals surface area contributed by atoms with Gasteiger partial charge in [0.05, 0.1) is 11.7 Å². The van der Waals surface area contributed by atoms with Crippen LogP contribution in [0.25, 0.3) is 0 Å². The van der Waals surface area contributed by atoms with E-state index in [9.17, 15) is 19.2 Å². The highest BCUT2D eigenvalue weighted by atomic mass is 16.2. The van der Waals surface area contributed by atoms with Gasteiger partial charge in [-0.15, -0.1) is 0 Å². The highest BCUT2D eigenvalue weighted by Gasteiger charge is 2.24. The van der Waals surface area contributed by atoms with E-state index in [0.29, 0.717) is 12.0 Å². The van der Waals surface area contributed by atoms with Gasteiger partial charge in [-0.3, -0.25) is 19.2 Å². The molecule has 0 aromatic heterocycles. The van der Waals surface area contributed by atoms with Crippen LogP contribution < -0.4 is 27.4 Å². The third-order valence-corrected chi connectivity index (χ3v) is 4.38. The van der Waals surface area contributed by atoms with E-state index in [0.717, 1.165) is 5.56 Å². The molecule has 1 rings (SSSR count). The van der Waals surface area contributed by atoms with Crippen LogP contribution in [0.15, 0.2) is 41.6 Å². The minimum absolute atomic E-state index is 0.119. The molecule has 0 aliphatic carbocycles. The Kier molecular flexibility index (Phi) is 8.85. The molecule has 4 amide bonds. The lowest BCUT2D eigenvalue weighted by Gasteiger charge is -2.24. The second-order valence-corrected chi connectivity index (χ2v) is 6.87. The molecular formula is C20H29N5O4. The van der Waals surface area contributed by atoms with Crippen LogP contribution in [0.3, 0.4) is 0 Å². The maximum absolute atomic E-state index is 12.5. The summed E-state index contributed by atoms with van der Waals surface area (Å²) in [7, 11) is 0. The zero-order valence-corrected chi connectivity index (χ0v) is 17.1. The number of amides is 4. The van der Waals surface area contributed by atoms with Gasteiger partial charge >= 0.3 is 0 Å². The summed E-state index contributed by atoms with van der Waals surface area (Å²) in [5, 5.41) is 7.75. The molecule has 0 saturated heterocycles. The molecule has 7 N–H and O–H groups in total. The summed E-state index contributed by atoms with van der Waals surface area (Å²) in [4.78, 5) is 47.2. The van der Waals surface area contributed by atoms with Crippen LogP contribution in [0.2, 0.25) is 0 Å². The molecular weight excluding hydrogens is 374 g/mol. The van der Waals surface area contributed by atoms with Gasteiger partial charge in [0.15, 0.2) is 0 Å². The molecule has 0 aliphatic heterocycles. The first-order valence-electron chi connectivity index (χ1n) is 9.20. The summed E-state index contributed by atoms with van der Waals surface area (Å²) in [6.45, 7) is 5.95. The van der Waals surface area contributed by atoms with E-state index in [1.165, 1.54) is 13.8 Å². The van der Waals surface area contributed by atoms with Gasteiger partial charge in [-0.05, 0) is 38.3 Å². The van der Waals surface area contributed by atoms with E-state index < -0.39 is 35.8 Å². The number of nitrogens with two attached hydrogens (primary N) is 2. The van der Waals surface area contributed by atoms with Gasteiger partial charge in [0.2, 0.25) is 17.7 Å². The smallest absolute Gasteiger partial charge is 0.267 e. The Hall–Kier alpha value is -3.36. The first-order valence-corrected chi connectivity index (χ1v) is 9.20. The van der Waals surface area contributed by atoms with Crippen molar-refractivity contribution in [1.82, 2.24) is 16.0 Å². The number of hydrogen-bond donors (Lipinski definition) is 5. The number of carbonyl (C=O) groups is 4. The van der Waals surface area contributed by atoms with Crippen molar-refractivity contribution in [2.75, 3.05) is 0 Å². The van der Waals surface area contributed by atoms with Gasteiger partial charge in [-0.25, -0.2) is 0 Å². The fourth-order valence-corrected chi connectivity index (χ4v) is 2.54. The summed E-state index contributed by atoms with van der Waals surface area (Å²) >= 11 is 0. The summed E-state index contributed by atoms with van der Waals surface area (Å²) in [6.07, 6.45) is 0.380. The average Bonchev–Trinajstić information content (AvgIpc) is 2.66. The molecule has 0 fully saturated rings. The molecule has 0 aliphatic rings.